The van der Waals surface area contributed by atoms with Crippen molar-refractivity contribution in [1.29, 1.82) is 0 Å². The fourth-order valence-electron chi connectivity index (χ4n) is 1.69. The van der Waals surface area contributed by atoms with Crippen molar-refractivity contribution in [3.8, 4) is 11.3 Å². The first-order chi connectivity index (χ1) is 10.1. The molecule has 0 unspecified atom stereocenters. The lowest BCUT2D eigenvalue weighted by molar-refractivity contribution is 0.252. The van der Waals surface area contributed by atoms with Gasteiger partial charge in [-0.1, -0.05) is 30.8 Å². The number of hydrogen-bond donors (Lipinski definition) is 1. The zero-order valence-corrected chi connectivity index (χ0v) is 12.1. The summed E-state index contributed by atoms with van der Waals surface area (Å²) in [6, 6.07) is 6.18. The maximum atomic E-state index is 13.8. The van der Waals surface area contributed by atoms with E-state index in [9.17, 15) is 13.2 Å². The predicted octanol–water partition coefficient (Wildman–Crippen LogP) is 4.42. The molecule has 0 saturated heterocycles. The number of halogens is 3. The summed E-state index contributed by atoms with van der Waals surface area (Å²) in [7, 11) is 0. The van der Waals surface area contributed by atoms with Gasteiger partial charge in [0.05, 0.1) is 6.20 Å². The third kappa shape index (κ3) is 4.35. The fraction of sp³-hybridized carbons (Fsp3) is 0.286. The smallest absolute Gasteiger partial charge is 0.288 e. The summed E-state index contributed by atoms with van der Waals surface area (Å²) in [5, 5.41) is 2.98. The van der Waals surface area contributed by atoms with Crippen LogP contribution in [0.5, 0.6) is 0 Å². The number of nitrogens with one attached hydrogen (secondary N) is 1. The van der Waals surface area contributed by atoms with Crippen molar-refractivity contribution in [1.82, 2.24) is 9.97 Å². The van der Waals surface area contributed by atoms with Crippen molar-refractivity contribution in [2.45, 2.75) is 24.0 Å². The maximum Gasteiger partial charge on any atom is 0.288 e. The topological polar surface area (TPSA) is 37.8 Å². The molecule has 0 aliphatic carbocycles. The number of thioether (sulfide) groups is 1. The summed E-state index contributed by atoms with van der Waals surface area (Å²) in [5.74, 6) is -2.68. The molecule has 7 heteroatoms. The van der Waals surface area contributed by atoms with E-state index < -0.39 is 11.6 Å². The minimum atomic E-state index is -2.48. The van der Waals surface area contributed by atoms with Gasteiger partial charge in [-0.3, -0.25) is 0 Å². The second-order valence-electron chi connectivity index (χ2n) is 4.22. The summed E-state index contributed by atoms with van der Waals surface area (Å²) >= 11 is 0.449. The number of aromatic nitrogens is 2. The minimum absolute atomic E-state index is 0.150. The van der Waals surface area contributed by atoms with E-state index >= 15 is 0 Å². The molecule has 0 saturated carbocycles. The summed E-state index contributed by atoms with van der Waals surface area (Å²) < 4.78 is 38.3. The van der Waals surface area contributed by atoms with Gasteiger partial charge < -0.3 is 5.32 Å². The summed E-state index contributed by atoms with van der Waals surface area (Å²) in [6.45, 7) is 2.69. The standard InChI is InChI=1S/C14H14F3N3S/c1-2-7-18-14-19-8-11(15)12(20-14)9-3-5-10(6-4-9)21-13(16)17/h3-6,8,13H,2,7H2,1H3,(H,18,19,20). The minimum Gasteiger partial charge on any atom is -0.354 e. The van der Waals surface area contributed by atoms with Gasteiger partial charge in [-0.15, -0.1) is 0 Å². The molecular formula is C14H14F3N3S. The number of alkyl halides is 2. The molecule has 1 aromatic heterocycles. The van der Waals surface area contributed by atoms with Gasteiger partial charge in [-0.25, -0.2) is 14.4 Å². The van der Waals surface area contributed by atoms with Crippen molar-refractivity contribution in [3.63, 3.8) is 0 Å². The van der Waals surface area contributed by atoms with Crippen molar-refractivity contribution in [2.24, 2.45) is 0 Å². The molecule has 1 heterocycles. The number of benzene rings is 1. The Bertz CT molecular complexity index is 591. The zero-order chi connectivity index (χ0) is 15.2. The van der Waals surface area contributed by atoms with Crippen LogP contribution in [0.3, 0.4) is 0 Å². The lowest BCUT2D eigenvalue weighted by Gasteiger charge is -2.07. The average Bonchev–Trinajstić information content (AvgIpc) is 2.47. The van der Waals surface area contributed by atoms with Gasteiger partial charge in [0.25, 0.3) is 5.76 Å². The van der Waals surface area contributed by atoms with Crippen LogP contribution in [-0.4, -0.2) is 22.3 Å². The van der Waals surface area contributed by atoms with Crippen LogP contribution in [0, 0.1) is 5.82 Å². The molecule has 2 aromatic rings. The average molecular weight is 313 g/mol. The van der Waals surface area contributed by atoms with Crippen LogP contribution in [0.15, 0.2) is 35.4 Å². The molecule has 0 aliphatic rings. The van der Waals surface area contributed by atoms with E-state index in [2.05, 4.69) is 15.3 Å². The molecule has 0 fully saturated rings. The van der Waals surface area contributed by atoms with E-state index in [0.29, 0.717) is 34.7 Å². The molecule has 0 aliphatic heterocycles. The number of hydrogen-bond acceptors (Lipinski definition) is 4. The van der Waals surface area contributed by atoms with Crippen LogP contribution < -0.4 is 5.32 Å². The maximum absolute atomic E-state index is 13.8. The highest BCUT2D eigenvalue weighted by Gasteiger charge is 2.10. The Kier molecular flexibility index (Phi) is 5.44. The molecule has 1 aromatic carbocycles. The van der Waals surface area contributed by atoms with Crippen LogP contribution in [0.2, 0.25) is 0 Å². The molecule has 1 N–H and O–H groups in total. The Morgan fingerprint density at radius 1 is 1.24 bits per heavy atom. The Labute approximate surface area is 125 Å². The first-order valence-corrected chi connectivity index (χ1v) is 7.29. The van der Waals surface area contributed by atoms with Crippen molar-refractivity contribution in [2.75, 3.05) is 11.9 Å². The van der Waals surface area contributed by atoms with E-state index in [1.807, 2.05) is 6.92 Å². The third-order valence-electron chi connectivity index (χ3n) is 2.63. The zero-order valence-electron chi connectivity index (χ0n) is 11.3. The predicted molar refractivity (Wildman–Crippen MR) is 78.1 cm³/mol. The highest BCUT2D eigenvalue weighted by molar-refractivity contribution is 7.99. The third-order valence-corrected chi connectivity index (χ3v) is 3.35. The van der Waals surface area contributed by atoms with Gasteiger partial charge in [0.2, 0.25) is 5.95 Å². The lowest BCUT2D eigenvalue weighted by atomic mass is 10.1. The number of nitrogens with zero attached hydrogens (tertiary/aromatic N) is 2. The molecule has 0 radical (unpaired) electrons. The summed E-state index contributed by atoms with van der Waals surface area (Å²) in [4.78, 5) is 8.40. The lowest BCUT2D eigenvalue weighted by Crippen LogP contribution is -2.05. The van der Waals surface area contributed by atoms with Crippen LogP contribution in [0.1, 0.15) is 13.3 Å². The van der Waals surface area contributed by atoms with Gasteiger partial charge >= 0.3 is 0 Å². The largest absolute Gasteiger partial charge is 0.354 e. The molecule has 21 heavy (non-hydrogen) atoms. The Balaban J connectivity index is 2.23. The monoisotopic (exact) mass is 313 g/mol. The van der Waals surface area contributed by atoms with E-state index in [1.54, 1.807) is 12.1 Å². The fourth-order valence-corrected chi connectivity index (χ4v) is 2.18. The van der Waals surface area contributed by atoms with Crippen molar-refractivity contribution < 1.29 is 13.2 Å². The van der Waals surface area contributed by atoms with Gasteiger partial charge in [-0.2, -0.15) is 8.78 Å². The number of anilines is 1. The first-order valence-electron chi connectivity index (χ1n) is 6.41. The number of rotatable bonds is 6. The SMILES string of the molecule is CCCNc1ncc(F)c(-c2ccc(SC(F)F)cc2)n1. The highest BCUT2D eigenvalue weighted by Crippen LogP contribution is 2.28. The van der Waals surface area contributed by atoms with Crippen LogP contribution in [0.25, 0.3) is 11.3 Å². The second-order valence-corrected chi connectivity index (χ2v) is 5.28. The molecule has 0 atom stereocenters. The van der Waals surface area contributed by atoms with Crippen LogP contribution in [-0.2, 0) is 0 Å². The highest BCUT2D eigenvalue weighted by atomic mass is 32.2. The van der Waals surface area contributed by atoms with Crippen molar-refractivity contribution in [3.05, 3.63) is 36.3 Å². The molecule has 0 spiro atoms. The first kappa shape index (κ1) is 15.6. The Hall–Kier alpha value is -1.76. The van der Waals surface area contributed by atoms with E-state index in [0.717, 1.165) is 12.6 Å². The van der Waals surface area contributed by atoms with Gasteiger partial charge in [0.15, 0.2) is 5.82 Å². The van der Waals surface area contributed by atoms with Crippen LogP contribution in [0.4, 0.5) is 19.1 Å². The molecule has 2 rings (SSSR count). The van der Waals surface area contributed by atoms with E-state index in [-0.39, 0.29) is 5.69 Å². The van der Waals surface area contributed by atoms with Gasteiger partial charge in [0, 0.05) is 17.0 Å². The molecule has 112 valence electrons. The summed E-state index contributed by atoms with van der Waals surface area (Å²) in [6.07, 6.45) is 2.00. The van der Waals surface area contributed by atoms with Crippen molar-refractivity contribution >= 4 is 17.7 Å². The molecule has 0 bridgehead atoms. The normalized spacial score (nSPS) is 10.9. The van der Waals surface area contributed by atoms with E-state index in [1.165, 1.54) is 12.1 Å². The van der Waals surface area contributed by atoms with Gasteiger partial charge in [0.1, 0.15) is 5.69 Å². The Morgan fingerprint density at radius 3 is 2.57 bits per heavy atom. The summed E-state index contributed by atoms with van der Waals surface area (Å²) in [5.41, 5.74) is 0.672. The second kappa shape index (κ2) is 7.31. The quantitative estimate of drug-likeness (QED) is 0.801. The van der Waals surface area contributed by atoms with Crippen LogP contribution >= 0.6 is 11.8 Å². The molecule has 3 nitrogen and oxygen atoms in total. The van der Waals surface area contributed by atoms with Gasteiger partial charge in [-0.05, 0) is 18.6 Å². The molecular weight excluding hydrogens is 299 g/mol. The molecule has 0 amide bonds. The van der Waals surface area contributed by atoms with E-state index in [4.69, 9.17) is 0 Å². The Morgan fingerprint density at radius 2 is 1.95 bits per heavy atom.